The summed E-state index contributed by atoms with van der Waals surface area (Å²) in [7, 11) is 1.58. The molecule has 3 amide bonds. The van der Waals surface area contributed by atoms with Crippen LogP contribution < -0.4 is 20.7 Å². The summed E-state index contributed by atoms with van der Waals surface area (Å²) in [5.74, 6) is -0.324. The maximum absolute atomic E-state index is 13.3. The first-order chi connectivity index (χ1) is 19.8. The number of nitrogens with one attached hydrogen (secondary N) is 3. The number of rotatable bonds is 10. The van der Waals surface area contributed by atoms with Gasteiger partial charge in [-0.3, -0.25) is 14.4 Å². The minimum absolute atomic E-state index is 0.0832. The molecule has 4 rings (SSSR count). The fourth-order valence-electron chi connectivity index (χ4n) is 3.68. The van der Waals surface area contributed by atoms with Crippen molar-refractivity contribution in [2.45, 2.75) is 17.1 Å². The second-order valence-corrected chi connectivity index (χ2v) is 11.1. The summed E-state index contributed by atoms with van der Waals surface area (Å²) in [6, 6.07) is 30.4. The molecule has 4 aromatic carbocycles. The molecule has 0 fully saturated rings. The van der Waals surface area contributed by atoms with Crippen LogP contribution in [0.5, 0.6) is 5.75 Å². The standard InChI is InChI=1S/C32H28BrN3O4S/c1-21(30(37)35-28-11-7-6-10-27(28)33)41-26-18-14-24(15-19-26)34-32(39)29(20-22-12-16-25(40-2)17-13-22)36-31(38)23-8-4-3-5-9-23/h3-21H,1-2H3,(H,34,39)(H,35,37)(H,36,38)/b29-20-. The van der Waals surface area contributed by atoms with Crippen LogP contribution in [-0.4, -0.2) is 30.1 Å². The van der Waals surface area contributed by atoms with Gasteiger partial charge in [-0.25, -0.2) is 0 Å². The zero-order valence-electron chi connectivity index (χ0n) is 22.4. The van der Waals surface area contributed by atoms with Crippen LogP contribution in [0.25, 0.3) is 6.08 Å². The Morgan fingerprint density at radius 2 is 1.49 bits per heavy atom. The zero-order chi connectivity index (χ0) is 29.2. The minimum atomic E-state index is -0.480. The number of halogens is 1. The van der Waals surface area contributed by atoms with E-state index in [1.54, 1.807) is 73.8 Å². The molecule has 41 heavy (non-hydrogen) atoms. The molecule has 0 spiro atoms. The van der Waals surface area contributed by atoms with Crippen molar-refractivity contribution in [1.29, 1.82) is 0 Å². The van der Waals surface area contributed by atoms with E-state index in [9.17, 15) is 14.4 Å². The van der Waals surface area contributed by atoms with Crippen LogP contribution in [0, 0.1) is 0 Å². The lowest BCUT2D eigenvalue weighted by molar-refractivity contribution is -0.115. The van der Waals surface area contributed by atoms with Gasteiger partial charge in [-0.15, -0.1) is 11.8 Å². The summed E-state index contributed by atoms with van der Waals surface area (Å²) in [5.41, 5.74) is 2.48. The summed E-state index contributed by atoms with van der Waals surface area (Å²) in [6.07, 6.45) is 1.60. The molecule has 4 aromatic rings. The predicted octanol–water partition coefficient (Wildman–Crippen LogP) is 6.99. The van der Waals surface area contributed by atoms with Crippen LogP contribution in [0.15, 0.2) is 118 Å². The van der Waals surface area contributed by atoms with Gasteiger partial charge in [0.05, 0.1) is 18.0 Å². The number of carbonyl (C=O) groups is 3. The van der Waals surface area contributed by atoms with Crippen LogP contribution in [0.2, 0.25) is 0 Å². The molecule has 1 atom stereocenters. The first kappa shape index (κ1) is 29.6. The third kappa shape index (κ3) is 8.57. The van der Waals surface area contributed by atoms with E-state index in [0.717, 1.165) is 9.37 Å². The Morgan fingerprint density at radius 1 is 0.829 bits per heavy atom. The van der Waals surface area contributed by atoms with Gasteiger partial charge in [0.25, 0.3) is 11.8 Å². The Kier molecular flexibility index (Phi) is 10.4. The van der Waals surface area contributed by atoms with E-state index in [-0.39, 0.29) is 16.9 Å². The number of amides is 3. The molecule has 208 valence electrons. The Morgan fingerprint density at radius 3 is 2.15 bits per heavy atom. The van der Waals surface area contributed by atoms with Gasteiger partial charge in [-0.2, -0.15) is 0 Å². The second-order valence-electron chi connectivity index (χ2n) is 8.86. The maximum Gasteiger partial charge on any atom is 0.272 e. The highest BCUT2D eigenvalue weighted by Gasteiger charge is 2.17. The lowest BCUT2D eigenvalue weighted by Gasteiger charge is -2.14. The number of para-hydroxylation sites is 1. The first-order valence-corrected chi connectivity index (χ1v) is 14.4. The van der Waals surface area contributed by atoms with Gasteiger partial charge in [0.15, 0.2) is 0 Å². The SMILES string of the molecule is COc1ccc(/C=C(\NC(=O)c2ccccc2)C(=O)Nc2ccc(SC(C)C(=O)Nc3ccccc3Br)cc2)cc1. The van der Waals surface area contributed by atoms with E-state index in [1.807, 2.05) is 49.4 Å². The highest BCUT2D eigenvalue weighted by molar-refractivity contribution is 9.10. The highest BCUT2D eigenvalue weighted by atomic mass is 79.9. The molecule has 0 bridgehead atoms. The molecule has 0 aliphatic rings. The quantitative estimate of drug-likeness (QED) is 0.130. The molecule has 0 saturated heterocycles. The number of ether oxygens (including phenoxy) is 1. The lowest BCUT2D eigenvalue weighted by atomic mass is 10.1. The Balaban J connectivity index is 1.44. The van der Waals surface area contributed by atoms with Crippen molar-refractivity contribution in [3.05, 3.63) is 124 Å². The Labute approximate surface area is 251 Å². The Hall–Kier alpha value is -4.34. The molecule has 0 aromatic heterocycles. The third-order valence-electron chi connectivity index (χ3n) is 5.88. The summed E-state index contributed by atoms with van der Waals surface area (Å²) in [6.45, 7) is 1.83. The molecule has 0 saturated carbocycles. The largest absolute Gasteiger partial charge is 0.497 e. The topological polar surface area (TPSA) is 96.5 Å². The van der Waals surface area contributed by atoms with Crippen molar-refractivity contribution < 1.29 is 19.1 Å². The van der Waals surface area contributed by atoms with Gasteiger partial charge in [0, 0.05) is 20.6 Å². The maximum atomic E-state index is 13.3. The first-order valence-electron chi connectivity index (χ1n) is 12.7. The minimum Gasteiger partial charge on any atom is -0.497 e. The van der Waals surface area contributed by atoms with E-state index in [2.05, 4.69) is 31.9 Å². The van der Waals surface area contributed by atoms with Gasteiger partial charge in [0.2, 0.25) is 5.91 Å². The van der Waals surface area contributed by atoms with Gasteiger partial charge in [-0.1, -0.05) is 42.5 Å². The van der Waals surface area contributed by atoms with E-state index < -0.39 is 11.8 Å². The normalized spacial score (nSPS) is 11.7. The monoisotopic (exact) mass is 629 g/mol. The number of benzene rings is 4. The molecule has 0 radical (unpaired) electrons. The number of methoxy groups -OCH3 is 1. The fourth-order valence-corrected chi connectivity index (χ4v) is 4.93. The van der Waals surface area contributed by atoms with Crippen molar-refractivity contribution in [1.82, 2.24) is 5.32 Å². The van der Waals surface area contributed by atoms with Crippen LogP contribution in [0.1, 0.15) is 22.8 Å². The lowest BCUT2D eigenvalue weighted by Crippen LogP contribution is -2.30. The van der Waals surface area contributed by atoms with E-state index >= 15 is 0 Å². The van der Waals surface area contributed by atoms with Crippen LogP contribution in [0.3, 0.4) is 0 Å². The molecule has 7 nitrogen and oxygen atoms in total. The molecule has 0 aliphatic heterocycles. The number of hydrogen-bond donors (Lipinski definition) is 3. The van der Waals surface area contributed by atoms with Crippen molar-refractivity contribution in [2.24, 2.45) is 0 Å². The summed E-state index contributed by atoms with van der Waals surface area (Å²) < 4.78 is 6.02. The third-order valence-corrected chi connectivity index (χ3v) is 7.69. The average Bonchev–Trinajstić information content (AvgIpc) is 2.99. The molecule has 0 aliphatic carbocycles. The zero-order valence-corrected chi connectivity index (χ0v) is 24.8. The molecule has 0 heterocycles. The van der Waals surface area contributed by atoms with Crippen molar-refractivity contribution in [3.63, 3.8) is 0 Å². The van der Waals surface area contributed by atoms with Crippen LogP contribution in [-0.2, 0) is 9.59 Å². The van der Waals surface area contributed by atoms with Crippen molar-refractivity contribution in [2.75, 3.05) is 17.7 Å². The van der Waals surface area contributed by atoms with Crippen molar-refractivity contribution >= 4 is 62.9 Å². The van der Waals surface area contributed by atoms with Gasteiger partial charge < -0.3 is 20.7 Å². The van der Waals surface area contributed by atoms with Crippen LogP contribution in [0.4, 0.5) is 11.4 Å². The number of carbonyl (C=O) groups excluding carboxylic acids is 3. The van der Waals surface area contributed by atoms with Crippen LogP contribution >= 0.6 is 27.7 Å². The van der Waals surface area contributed by atoms with Gasteiger partial charge >= 0.3 is 0 Å². The number of thioether (sulfide) groups is 1. The smallest absolute Gasteiger partial charge is 0.272 e. The fraction of sp³-hybridized carbons (Fsp3) is 0.0938. The van der Waals surface area contributed by atoms with Gasteiger partial charge in [-0.05, 0) is 95.2 Å². The van der Waals surface area contributed by atoms with E-state index in [1.165, 1.54) is 11.8 Å². The predicted molar refractivity (Wildman–Crippen MR) is 168 cm³/mol. The number of anilines is 2. The Bertz CT molecular complexity index is 1540. The molecule has 1 unspecified atom stereocenters. The van der Waals surface area contributed by atoms with Gasteiger partial charge in [0.1, 0.15) is 11.4 Å². The molecule has 3 N–H and O–H groups in total. The summed E-state index contributed by atoms with van der Waals surface area (Å²) in [5, 5.41) is 8.14. The molecule has 9 heteroatoms. The summed E-state index contributed by atoms with van der Waals surface area (Å²) >= 11 is 4.84. The van der Waals surface area contributed by atoms with E-state index in [4.69, 9.17) is 4.74 Å². The molecular weight excluding hydrogens is 602 g/mol. The number of hydrogen-bond acceptors (Lipinski definition) is 5. The van der Waals surface area contributed by atoms with Crippen molar-refractivity contribution in [3.8, 4) is 5.75 Å². The highest BCUT2D eigenvalue weighted by Crippen LogP contribution is 2.27. The van der Waals surface area contributed by atoms with E-state index in [0.29, 0.717) is 28.3 Å². The second kappa shape index (κ2) is 14.3. The summed E-state index contributed by atoms with van der Waals surface area (Å²) in [4.78, 5) is 39.7. The molecular formula is C32H28BrN3O4S. The average molecular weight is 631 g/mol.